The molecular weight excluding hydrogens is 468 g/mol. The van der Waals surface area contributed by atoms with Gasteiger partial charge < -0.3 is 14.4 Å². The minimum Gasteiger partial charge on any atom is -0.507 e. The largest absolute Gasteiger partial charge is 0.507 e. The Morgan fingerprint density at radius 3 is 2.35 bits per heavy atom. The number of aliphatic hydroxyl groups excluding tert-OH is 1. The molecule has 1 saturated heterocycles. The highest BCUT2D eigenvalue weighted by molar-refractivity contribution is 9.10. The number of nitrogens with zero attached hydrogens (tertiary/aromatic N) is 2. The van der Waals surface area contributed by atoms with Crippen molar-refractivity contribution in [3.8, 4) is 0 Å². The van der Waals surface area contributed by atoms with Gasteiger partial charge in [0.1, 0.15) is 11.5 Å². The Bertz CT molecular complexity index is 1180. The van der Waals surface area contributed by atoms with Gasteiger partial charge in [-0.15, -0.1) is 0 Å². The number of aliphatic hydroxyl groups is 1. The van der Waals surface area contributed by atoms with Gasteiger partial charge >= 0.3 is 0 Å². The number of hydrogen-bond acceptors (Lipinski definition) is 6. The van der Waals surface area contributed by atoms with Gasteiger partial charge in [0.2, 0.25) is 0 Å². The average molecular weight is 483 g/mol. The Kier molecular flexibility index (Phi) is 5.43. The number of amides is 1. The third kappa shape index (κ3) is 3.87. The molecule has 1 N–H and O–H groups in total. The molecule has 156 valence electrons. The SMILES string of the molecule is O=C1C(=O)N(Cc2ccco2)[C@@H](c2ccc([N+](=O)[O-])cc2)C1=C(O)c1ccc(Br)cc1. The van der Waals surface area contributed by atoms with Crippen LogP contribution in [0.15, 0.2) is 81.4 Å². The molecule has 31 heavy (non-hydrogen) atoms. The van der Waals surface area contributed by atoms with Crippen molar-refractivity contribution in [3.05, 3.63) is 104 Å². The number of carbonyl (C=O) groups is 2. The molecule has 1 amide bonds. The van der Waals surface area contributed by atoms with Gasteiger partial charge in [-0.25, -0.2) is 0 Å². The van der Waals surface area contributed by atoms with Crippen LogP contribution in [0.25, 0.3) is 5.76 Å². The lowest BCUT2D eigenvalue weighted by Gasteiger charge is -2.24. The number of Topliss-reactive ketones (excluding diaryl/α,β-unsaturated/α-hetero) is 1. The topological polar surface area (TPSA) is 114 Å². The number of likely N-dealkylation sites (tertiary alicyclic amines) is 1. The minimum absolute atomic E-state index is 0.00363. The molecular formula is C22H15BrN2O6. The van der Waals surface area contributed by atoms with Crippen molar-refractivity contribution in [2.24, 2.45) is 0 Å². The lowest BCUT2D eigenvalue weighted by Crippen LogP contribution is -2.29. The quantitative estimate of drug-likeness (QED) is 0.187. The molecule has 1 atom stereocenters. The Hall–Kier alpha value is -3.72. The fourth-order valence-electron chi connectivity index (χ4n) is 3.50. The molecule has 1 aliphatic heterocycles. The van der Waals surface area contributed by atoms with E-state index in [1.165, 1.54) is 35.4 Å². The number of rotatable bonds is 5. The summed E-state index contributed by atoms with van der Waals surface area (Å²) in [6.07, 6.45) is 1.45. The smallest absolute Gasteiger partial charge is 0.296 e. The number of furan rings is 1. The molecule has 0 spiro atoms. The normalized spacial score (nSPS) is 17.8. The van der Waals surface area contributed by atoms with Gasteiger partial charge in [-0.2, -0.15) is 0 Å². The molecule has 8 nitrogen and oxygen atoms in total. The molecule has 0 saturated carbocycles. The second-order valence-corrected chi connectivity index (χ2v) is 7.78. The third-order valence-corrected chi connectivity index (χ3v) is 5.51. The summed E-state index contributed by atoms with van der Waals surface area (Å²) in [4.78, 5) is 37.6. The van der Waals surface area contributed by atoms with Crippen molar-refractivity contribution in [1.82, 2.24) is 4.90 Å². The standard InChI is InChI=1S/C22H15BrN2O6/c23-15-7-3-14(4-8-15)20(26)18-19(13-5-9-16(10-6-13)25(29)30)24(22(28)21(18)27)12-17-2-1-11-31-17/h1-11,19,26H,12H2/t19-/m0/s1. The molecule has 2 aromatic carbocycles. The summed E-state index contributed by atoms with van der Waals surface area (Å²) in [5.74, 6) is -1.50. The summed E-state index contributed by atoms with van der Waals surface area (Å²) in [5.41, 5.74) is 0.605. The average Bonchev–Trinajstić information content (AvgIpc) is 3.36. The highest BCUT2D eigenvalue weighted by Crippen LogP contribution is 2.40. The summed E-state index contributed by atoms with van der Waals surface area (Å²) < 4.78 is 6.12. The molecule has 0 unspecified atom stereocenters. The number of benzene rings is 2. The number of carbonyl (C=O) groups excluding carboxylic acids is 2. The number of hydrogen-bond donors (Lipinski definition) is 1. The number of nitro benzene ring substituents is 1. The first-order valence-electron chi connectivity index (χ1n) is 9.18. The summed E-state index contributed by atoms with van der Waals surface area (Å²) in [7, 11) is 0. The van der Waals surface area contributed by atoms with Crippen LogP contribution in [-0.4, -0.2) is 26.6 Å². The Morgan fingerprint density at radius 2 is 1.77 bits per heavy atom. The van der Waals surface area contributed by atoms with Gasteiger partial charge in [-0.1, -0.05) is 28.1 Å². The Morgan fingerprint density at radius 1 is 1.10 bits per heavy atom. The molecule has 2 heterocycles. The molecule has 3 aromatic rings. The molecule has 1 aromatic heterocycles. The van der Waals surface area contributed by atoms with Crippen molar-refractivity contribution in [2.45, 2.75) is 12.6 Å². The zero-order chi connectivity index (χ0) is 22.1. The van der Waals surface area contributed by atoms with Crippen molar-refractivity contribution < 1.29 is 24.0 Å². The van der Waals surface area contributed by atoms with Crippen LogP contribution in [0.4, 0.5) is 5.69 Å². The molecule has 1 aliphatic rings. The molecule has 0 radical (unpaired) electrons. The van der Waals surface area contributed by atoms with Crippen LogP contribution in [-0.2, 0) is 16.1 Å². The lowest BCUT2D eigenvalue weighted by molar-refractivity contribution is -0.384. The van der Waals surface area contributed by atoms with E-state index in [0.29, 0.717) is 16.9 Å². The third-order valence-electron chi connectivity index (χ3n) is 4.98. The van der Waals surface area contributed by atoms with Gasteiger partial charge in [-0.05, 0) is 42.0 Å². The van der Waals surface area contributed by atoms with E-state index in [1.807, 2.05) is 0 Å². The van der Waals surface area contributed by atoms with E-state index >= 15 is 0 Å². The Balaban J connectivity index is 1.85. The van der Waals surface area contributed by atoms with E-state index in [9.17, 15) is 24.8 Å². The van der Waals surface area contributed by atoms with E-state index in [0.717, 1.165) is 4.47 Å². The van der Waals surface area contributed by atoms with Gasteiger partial charge in [0.15, 0.2) is 0 Å². The second-order valence-electron chi connectivity index (χ2n) is 6.86. The van der Waals surface area contributed by atoms with Crippen LogP contribution < -0.4 is 0 Å². The summed E-state index contributed by atoms with van der Waals surface area (Å²) in [5, 5.41) is 22.0. The van der Waals surface area contributed by atoms with Crippen LogP contribution >= 0.6 is 15.9 Å². The predicted molar refractivity (Wildman–Crippen MR) is 114 cm³/mol. The number of halogens is 1. The van der Waals surface area contributed by atoms with Crippen molar-refractivity contribution in [3.63, 3.8) is 0 Å². The monoisotopic (exact) mass is 482 g/mol. The predicted octanol–water partition coefficient (Wildman–Crippen LogP) is 4.57. The van der Waals surface area contributed by atoms with Gasteiger partial charge in [0.05, 0.1) is 29.3 Å². The zero-order valence-electron chi connectivity index (χ0n) is 15.9. The van der Waals surface area contributed by atoms with E-state index < -0.39 is 22.7 Å². The molecule has 4 rings (SSSR count). The molecule has 0 bridgehead atoms. The zero-order valence-corrected chi connectivity index (χ0v) is 17.5. The maximum absolute atomic E-state index is 12.9. The Labute approximate surface area is 184 Å². The van der Waals surface area contributed by atoms with Gasteiger partial charge in [0.25, 0.3) is 17.4 Å². The highest BCUT2D eigenvalue weighted by atomic mass is 79.9. The van der Waals surface area contributed by atoms with E-state index in [1.54, 1.807) is 36.4 Å². The maximum Gasteiger partial charge on any atom is 0.296 e. The maximum atomic E-state index is 12.9. The summed E-state index contributed by atoms with van der Waals surface area (Å²) in [6, 6.07) is 14.6. The molecule has 1 fully saturated rings. The molecule has 9 heteroatoms. The van der Waals surface area contributed by atoms with Crippen LogP contribution in [0.5, 0.6) is 0 Å². The van der Waals surface area contributed by atoms with E-state index in [2.05, 4.69) is 15.9 Å². The first-order chi connectivity index (χ1) is 14.9. The van der Waals surface area contributed by atoms with Crippen LogP contribution in [0.1, 0.15) is 22.9 Å². The van der Waals surface area contributed by atoms with Crippen LogP contribution in [0.2, 0.25) is 0 Å². The lowest BCUT2D eigenvalue weighted by atomic mass is 9.95. The molecule has 0 aliphatic carbocycles. The van der Waals surface area contributed by atoms with Crippen LogP contribution in [0, 0.1) is 10.1 Å². The summed E-state index contributed by atoms with van der Waals surface area (Å²) >= 11 is 3.32. The second kappa shape index (κ2) is 8.19. The summed E-state index contributed by atoms with van der Waals surface area (Å²) in [6.45, 7) is -0.00363. The van der Waals surface area contributed by atoms with E-state index in [4.69, 9.17) is 4.42 Å². The first kappa shape index (κ1) is 20.5. The van der Waals surface area contributed by atoms with E-state index in [-0.39, 0.29) is 23.6 Å². The minimum atomic E-state index is -0.936. The van der Waals surface area contributed by atoms with Crippen molar-refractivity contribution >= 4 is 39.1 Å². The van der Waals surface area contributed by atoms with Crippen LogP contribution in [0.3, 0.4) is 0 Å². The fourth-order valence-corrected chi connectivity index (χ4v) is 3.77. The van der Waals surface area contributed by atoms with Crippen molar-refractivity contribution in [2.75, 3.05) is 0 Å². The highest BCUT2D eigenvalue weighted by Gasteiger charge is 2.46. The number of nitro groups is 1. The first-order valence-corrected chi connectivity index (χ1v) is 9.97. The number of ketones is 1. The fraction of sp³-hybridized carbons (Fsp3) is 0.0909. The number of non-ortho nitro benzene ring substituents is 1. The van der Waals surface area contributed by atoms with Gasteiger partial charge in [-0.3, -0.25) is 19.7 Å². The van der Waals surface area contributed by atoms with Gasteiger partial charge in [0, 0.05) is 22.2 Å². The van der Waals surface area contributed by atoms with Crippen molar-refractivity contribution in [1.29, 1.82) is 0 Å².